The van der Waals surface area contributed by atoms with Gasteiger partial charge in [-0.05, 0) is 61.7 Å². The van der Waals surface area contributed by atoms with Crippen molar-refractivity contribution in [3.05, 3.63) is 76.6 Å². The summed E-state index contributed by atoms with van der Waals surface area (Å²) in [5.74, 6) is -0.0800. The molecule has 1 heterocycles. The van der Waals surface area contributed by atoms with E-state index in [0.29, 0.717) is 21.9 Å². The average Bonchev–Trinajstić information content (AvgIpc) is 2.83. The Labute approximate surface area is 208 Å². The number of methoxy groups -OCH3 is 1. The van der Waals surface area contributed by atoms with E-state index in [1.54, 1.807) is 42.5 Å². The van der Waals surface area contributed by atoms with Gasteiger partial charge in [-0.2, -0.15) is 4.72 Å². The topological polar surface area (TPSA) is 112 Å². The molecule has 1 N–H and O–H groups in total. The third-order valence-corrected chi connectivity index (χ3v) is 7.22. The Morgan fingerprint density at radius 3 is 2.28 bits per heavy atom. The lowest BCUT2D eigenvalue weighted by Crippen LogP contribution is -2.43. The molecular formula is C27H27NO7S. The van der Waals surface area contributed by atoms with Crippen LogP contribution in [0.2, 0.25) is 0 Å². The van der Waals surface area contributed by atoms with Gasteiger partial charge in [0.15, 0.2) is 0 Å². The molecule has 3 aromatic carbocycles. The molecule has 0 saturated heterocycles. The predicted molar refractivity (Wildman–Crippen MR) is 137 cm³/mol. The SMILES string of the molecule is COc1ccc2c(c1)c(=O)oc1cc(OC(=O)[C@@H](CC(C)C)NS(=O)(=O)c3ccc(C)cc3)ccc12. The van der Waals surface area contributed by atoms with E-state index in [2.05, 4.69) is 4.72 Å². The molecule has 0 unspecified atom stereocenters. The van der Waals surface area contributed by atoms with Gasteiger partial charge in [0.05, 0.1) is 17.4 Å². The van der Waals surface area contributed by atoms with Gasteiger partial charge in [-0.25, -0.2) is 18.0 Å². The molecule has 0 amide bonds. The summed E-state index contributed by atoms with van der Waals surface area (Å²) in [6.45, 7) is 5.62. The van der Waals surface area contributed by atoms with Gasteiger partial charge < -0.3 is 13.9 Å². The van der Waals surface area contributed by atoms with Crippen LogP contribution in [0.1, 0.15) is 25.8 Å². The highest BCUT2D eigenvalue weighted by Gasteiger charge is 2.28. The smallest absolute Gasteiger partial charge is 0.344 e. The number of sulfonamides is 1. The lowest BCUT2D eigenvalue weighted by molar-refractivity contribution is -0.136. The van der Waals surface area contributed by atoms with Crippen molar-refractivity contribution < 1.29 is 27.1 Å². The third kappa shape index (κ3) is 5.42. The molecule has 8 nitrogen and oxygen atoms in total. The fourth-order valence-corrected chi connectivity index (χ4v) is 5.10. The quantitative estimate of drug-likeness (QED) is 0.160. The molecular weight excluding hydrogens is 482 g/mol. The molecule has 9 heteroatoms. The molecule has 0 radical (unpaired) electrons. The van der Waals surface area contributed by atoms with E-state index in [4.69, 9.17) is 13.9 Å². The largest absolute Gasteiger partial charge is 0.497 e. The molecule has 4 rings (SSSR count). The maximum atomic E-state index is 13.0. The number of ether oxygens (including phenoxy) is 2. The summed E-state index contributed by atoms with van der Waals surface area (Å²) in [6.07, 6.45) is 0.235. The van der Waals surface area contributed by atoms with Crippen LogP contribution in [0.3, 0.4) is 0 Å². The predicted octanol–water partition coefficient (Wildman–Crippen LogP) is 4.56. The average molecular weight is 510 g/mol. The second-order valence-electron chi connectivity index (χ2n) is 9.00. The maximum Gasteiger partial charge on any atom is 0.344 e. The first kappa shape index (κ1) is 25.4. The molecule has 0 fully saturated rings. The first-order valence-corrected chi connectivity index (χ1v) is 12.9. The van der Waals surface area contributed by atoms with Crippen molar-refractivity contribution in [2.24, 2.45) is 5.92 Å². The minimum absolute atomic E-state index is 0.0150. The Morgan fingerprint density at radius 1 is 0.944 bits per heavy atom. The highest BCUT2D eigenvalue weighted by atomic mass is 32.2. The Morgan fingerprint density at radius 2 is 1.61 bits per heavy atom. The Kier molecular flexibility index (Phi) is 7.14. The fraction of sp³-hybridized carbons (Fsp3) is 0.259. The fourth-order valence-electron chi connectivity index (χ4n) is 3.91. The minimum atomic E-state index is -3.95. The molecule has 0 saturated carbocycles. The molecule has 1 aromatic heterocycles. The van der Waals surface area contributed by atoms with Crippen LogP contribution in [-0.4, -0.2) is 27.5 Å². The Hall–Kier alpha value is -3.69. The summed E-state index contributed by atoms with van der Waals surface area (Å²) in [4.78, 5) is 25.6. The van der Waals surface area contributed by atoms with Crippen molar-refractivity contribution in [1.82, 2.24) is 4.72 Å². The van der Waals surface area contributed by atoms with Crippen molar-refractivity contribution in [2.45, 2.75) is 38.1 Å². The number of fused-ring (bicyclic) bond motifs is 3. The van der Waals surface area contributed by atoms with Crippen LogP contribution in [0.25, 0.3) is 21.7 Å². The van der Waals surface area contributed by atoms with E-state index in [1.807, 2.05) is 20.8 Å². The number of carbonyl (C=O) groups excluding carboxylic acids is 1. The molecule has 0 aliphatic rings. The van der Waals surface area contributed by atoms with Crippen LogP contribution in [0.5, 0.6) is 11.5 Å². The summed E-state index contributed by atoms with van der Waals surface area (Å²) in [5, 5.41) is 1.70. The molecule has 1 atom stereocenters. The van der Waals surface area contributed by atoms with E-state index < -0.39 is 27.7 Å². The van der Waals surface area contributed by atoms with Crippen LogP contribution >= 0.6 is 0 Å². The normalized spacial score (nSPS) is 12.7. The second-order valence-corrected chi connectivity index (χ2v) is 10.7. The lowest BCUT2D eigenvalue weighted by atomic mass is 10.0. The summed E-state index contributed by atoms with van der Waals surface area (Å²) in [6, 6.07) is 15.0. The number of hydrogen-bond donors (Lipinski definition) is 1. The van der Waals surface area contributed by atoms with E-state index in [0.717, 1.165) is 5.56 Å². The molecule has 0 aliphatic carbocycles. The molecule has 0 spiro atoms. The van der Waals surface area contributed by atoms with E-state index in [-0.39, 0.29) is 28.6 Å². The summed E-state index contributed by atoms with van der Waals surface area (Å²) in [5.41, 5.74) is 0.606. The van der Waals surface area contributed by atoms with Crippen molar-refractivity contribution in [3.63, 3.8) is 0 Å². The van der Waals surface area contributed by atoms with Gasteiger partial charge in [0.25, 0.3) is 0 Å². The Balaban J connectivity index is 1.62. The van der Waals surface area contributed by atoms with Crippen molar-refractivity contribution in [1.29, 1.82) is 0 Å². The van der Waals surface area contributed by atoms with Gasteiger partial charge in [0.2, 0.25) is 10.0 Å². The minimum Gasteiger partial charge on any atom is -0.497 e. The van der Waals surface area contributed by atoms with Crippen molar-refractivity contribution in [2.75, 3.05) is 7.11 Å². The summed E-state index contributed by atoms with van der Waals surface area (Å²) in [7, 11) is -2.44. The zero-order valence-electron chi connectivity index (χ0n) is 20.4. The third-order valence-electron chi connectivity index (χ3n) is 5.73. The Bertz CT molecular complexity index is 1590. The standard InChI is InChI=1S/C27H27NO7S/c1-16(2)13-24(28-36(31,32)20-9-5-17(3)6-10-20)27(30)34-19-8-12-22-21-11-7-18(33-4)14-23(21)26(29)35-25(22)15-19/h5-12,14-16,24,28H,13H2,1-4H3/t24-/m1/s1. The van der Waals surface area contributed by atoms with E-state index >= 15 is 0 Å². The van der Waals surface area contributed by atoms with Crippen molar-refractivity contribution in [3.8, 4) is 11.5 Å². The number of carbonyl (C=O) groups is 1. The van der Waals surface area contributed by atoms with Crippen LogP contribution in [0.4, 0.5) is 0 Å². The zero-order chi connectivity index (χ0) is 26.0. The van der Waals surface area contributed by atoms with E-state index in [9.17, 15) is 18.0 Å². The first-order valence-electron chi connectivity index (χ1n) is 11.4. The number of aryl methyl sites for hydroxylation is 1. The highest BCUT2D eigenvalue weighted by Crippen LogP contribution is 2.29. The summed E-state index contributed by atoms with van der Waals surface area (Å²) < 4.78 is 44.4. The second kappa shape index (κ2) is 10.1. The van der Waals surface area contributed by atoms with Crippen LogP contribution in [-0.2, 0) is 14.8 Å². The van der Waals surface area contributed by atoms with Crippen LogP contribution < -0.4 is 19.8 Å². The lowest BCUT2D eigenvalue weighted by Gasteiger charge is -2.19. The van der Waals surface area contributed by atoms with Crippen LogP contribution in [0.15, 0.2) is 74.8 Å². The maximum absolute atomic E-state index is 13.0. The van der Waals surface area contributed by atoms with Crippen LogP contribution in [0, 0.1) is 12.8 Å². The highest BCUT2D eigenvalue weighted by molar-refractivity contribution is 7.89. The van der Waals surface area contributed by atoms with Gasteiger partial charge >= 0.3 is 11.6 Å². The zero-order valence-corrected chi connectivity index (χ0v) is 21.2. The van der Waals surface area contributed by atoms with Gasteiger partial charge in [-0.1, -0.05) is 31.5 Å². The van der Waals surface area contributed by atoms with E-state index in [1.165, 1.54) is 25.3 Å². The van der Waals surface area contributed by atoms with Gasteiger partial charge in [0.1, 0.15) is 23.1 Å². The van der Waals surface area contributed by atoms with Crippen molar-refractivity contribution >= 4 is 37.7 Å². The number of nitrogens with one attached hydrogen (secondary N) is 1. The number of benzene rings is 3. The molecule has 36 heavy (non-hydrogen) atoms. The van der Waals surface area contributed by atoms with Gasteiger partial charge in [0, 0.05) is 16.8 Å². The molecule has 0 aliphatic heterocycles. The van der Waals surface area contributed by atoms with Gasteiger partial charge in [-0.15, -0.1) is 0 Å². The number of rotatable bonds is 8. The molecule has 188 valence electrons. The molecule has 0 bridgehead atoms. The monoisotopic (exact) mass is 509 g/mol. The van der Waals surface area contributed by atoms with Gasteiger partial charge in [-0.3, -0.25) is 0 Å². The number of hydrogen-bond acceptors (Lipinski definition) is 7. The number of esters is 1. The molecule has 4 aromatic rings. The first-order chi connectivity index (χ1) is 17.1. The summed E-state index contributed by atoms with van der Waals surface area (Å²) >= 11 is 0.